The van der Waals surface area contributed by atoms with Gasteiger partial charge in [-0.05, 0) is 54.7 Å². The van der Waals surface area contributed by atoms with E-state index in [2.05, 4.69) is 5.32 Å². The normalized spacial score (nSPS) is 19.5. The summed E-state index contributed by atoms with van der Waals surface area (Å²) >= 11 is 0. The molecule has 0 bridgehead atoms. The largest absolute Gasteiger partial charge is 0.356 e. The van der Waals surface area contributed by atoms with Crippen LogP contribution in [0.5, 0.6) is 0 Å². The molecule has 4 nitrogen and oxygen atoms in total. The van der Waals surface area contributed by atoms with Crippen molar-refractivity contribution in [2.75, 3.05) is 13.6 Å². The number of nitrogens with one attached hydrogen (secondary N) is 1. The van der Waals surface area contributed by atoms with Crippen LogP contribution in [-0.4, -0.2) is 30.3 Å². The molecule has 1 saturated heterocycles. The van der Waals surface area contributed by atoms with E-state index >= 15 is 0 Å². The molecular formula is C22H24F2N2O2. The summed E-state index contributed by atoms with van der Waals surface area (Å²) in [7, 11) is 1.66. The Morgan fingerprint density at radius 2 is 1.89 bits per heavy atom. The third-order valence-corrected chi connectivity index (χ3v) is 5.24. The predicted molar refractivity (Wildman–Crippen MR) is 102 cm³/mol. The Morgan fingerprint density at radius 3 is 2.61 bits per heavy atom. The highest BCUT2D eigenvalue weighted by atomic mass is 19.1. The average molecular weight is 386 g/mol. The molecule has 1 aliphatic rings. The van der Waals surface area contributed by atoms with Gasteiger partial charge in [0.25, 0.3) is 0 Å². The van der Waals surface area contributed by atoms with E-state index in [4.69, 9.17) is 0 Å². The lowest BCUT2D eigenvalue weighted by atomic mass is 9.84. The van der Waals surface area contributed by atoms with Gasteiger partial charge in [0.15, 0.2) is 0 Å². The number of hydrogen-bond acceptors (Lipinski definition) is 2. The summed E-state index contributed by atoms with van der Waals surface area (Å²) in [6, 6.07) is 11.9. The van der Waals surface area contributed by atoms with Crippen LogP contribution in [0.2, 0.25) is 0 Å². The Bertz CT molecular complexity index is 839. The molecule has 0 spiro atoms. The van der Waals surface area contributed by atoms with Gasteiger partial charge in [0.2, 0.25) is 11.8 Å². The smallest absolute Gasteiger partial charge is 0.225 e. The fourth-order valence-corrected chi connectivity index (χ4v) is 3.75. The Kier molecular flexibility index (Phi) is 6.39. The first-order valence-electron chi connectivity index (χ1n) is 9.49. The number of likely N-dealkylation sites (tertiary alicyclic amines) is 1. The van der Waals surface area contributed by atoms with Crippen LogP contribution in [0.15, 0.2) is 48.5 Å². The topological polar surface area (TPSA) is 49.4 Å². The molecule has 2 aromatic carbocycles. The lowest BCUT2D eigenvalue weighted by Gasteiger charge is -2.38. The zero-order chi connectivity index (χ0) is 20.1. The van der Waals surface area contributed by atoms with E-state index in [0.717, 1.165) is 18.4 Å². The molecule has 2 aromatic rings. The summed E-state index contributed by atoms with van der Waals surface area (Å²) in [6.07, 6.45) is 2.20. The molecule has 148 valence electrons. The number of aryl methyl sites for hydroxylation is 1. The Hall–Kier alpha value is -2.76. The standard InChI is InChI=1S/C22H24F2N2O2/c1-26-20(27)12-11-19(21(26)16-5-2-6-18(24)14-16)22(28)25-13-3-4-15-7-9-17(23)10-8-15/h2,5-10,14,19,21H,3-4,11-13H2,1H3,(H,25,28)/t19-,21-/m1/s1. The van der Waals surface area contributed by atoms with E-state index in [9.17, 15) is 18.4 Å². The quantitative estimate of drug-likeness (QED) is 0.771. The molecule has 2 amide bonds. The predicted octanol–water partition coefficient (Wildman–Crippen LogP) is 3.62. The second-order valence-electron chi connectivity index (χ2n) is 7.17. The molecule has 2 atom stereocenters. The zero-order valence-electron chi connectivity index (χ0n) is 15.8. The molecule has 0 aliphatic carbocycles. The number of nitrogens with zero attached hydrogens (tertiary/aromatic N) is 1. The summed E-state index contributed by atoms with van der Waals surface area (Å²) in [5, 5.41) is 2.94. The number of amides is 2. The number of benzene rings is 2. The molecule has 28 heavy (non-hydrogen) atoms. The Labute approximate surface area is 163 Å². The number of piperidine rings is 1. The van der Waals surface area contributed by atoms with E-state index in [1.54, 1.807) is 36.2 Å². The van der Waals surface area contributed by atoms with Crippen LogP contribution in [0, 0.1) is 17.6 Å². The van der Waals surface area contributed by atoms with Crippen molar-refractivity contribution < 1.29 is 18.4 Å². The number of rotatable bonds is 6. The van der Waals surface area contributed by atoms with Crippen molar-refractivity contribution in [3.8, 4) is 0 Å². The van der Waals surface area contributed by atoms with Crippen LogP contribution >= 0.6 is 0 Å². The maximum Gasteiger partial charge on any atom is 0.225 e. The van der Waals surface area contributed by atoms with Crippen LogP contribution < -0.4 is 5.32 Å². The van der Waals surface area contributed by atoms with E-state index in [1.807, 2.05) is 0 Å². The van der Waals surface area contributed by atoms with Crippen LogP contribution in [0.25, 0.3) is 0 Å². The van der Waals surface area contributed by atoms with Crippen molar-refractivity contribution >= 4 is 11.8 Å². The van der Waals surface area contributed by atoms with E-state index < -0.39 is 12.0 Å². The summed E-state index contributed by atoms with van der Waals surface area (Å²) in [6.45, 7) is 0.486. The van der Waals surface area contributed by atoms with E-state index in [1.165, 1.54) is 24.3 Å². The molecule has 0 radical (unpaired) electrons. The molecule has 6 heteroatoms. The maximum absolute atomic E-state index is 13.7. The minimum Gasteiger partial charge on any atom is -0.356 e. The Balaban J connectivity index is 1.61. The van der Waals surface area contributed by atoms with Crippen molar-refractivity contribution in [1.82, 2.24) is 10.2 Å². The van der Waals surface area contributed by atoms with Gasteiger partial charge in [-0.1, -0.05) is 24.3 Å². The van der Waals surface area contributed by atoms with Crippen molar-refractivity contribution in [1.29, 1.82) is 0 Å². The molecule has 3 rings (SSSR count). The van der Waals surface area contributed by atoms with Crippen molar-refractivity contribution in [2.45, 2.75) is 31.7 Å². The monoisotopic (exact) mass is 386 g/mol. The third kappa shape index (κ3) is 4.74. The van der Waals surface area contributed by atoms with Gasteiger partial charge < -0.3 is 10.2 Å². The van der Waals surface area contributed by atoms with Gasteiger partial charge in [0, 0.05) is 20.0 Å². The van der Waals surface area contributed by atoms with Gasteiger partial charge in [-0.3, -0.25) is 9.59 Å². The van der Waals surface area contributed by atoms with Gasteiger partial charge in [0.1, 0.15) is 11.6 Å². The summed E-state index contributed by atoms with van der Waals surface area (Å²) < 4.78 is 26.6. The van der Waals surface area contributed by atoms with E-state index in [0.29, 0.717) is 24.9 Å². The van der Waals surface area contributed by atoms with Crippen LogP contribution in [0.1, 0.15) is 36.4 Å². The second-order valence-corrected chi connectivity index (χ2v) is 7.17. The summed E-state index contributed by atoms with van der Waals surface area (Å²) in [4.78, 5) is 26.5. The van der Waals surface area contributed by atoms with Gasteiger partial charge in [-0.2, -0.15) is 0 Å². The molecule has 0 saturated carbocycles. The number of carbonyl (C=O) groups is 2. The molecule has 0 unspecified atom stereocenters. The van der Waals surface area contributed by atoms with Crippen LogP contribution in [-0.2, 0) is 16.0 Å². The van der Waals surface area contributed by atoms with Crippen molar-refractivity contribution in [3.05, 3.63) is 71.3 Å². The first-order chi connectivity index (χ1) is 13.5. The fourth-order valence-electron chi connectivity index (χ4n) is 3.75. The first kappa shape index (κ1) is 20.0. The third-order valence-electron chi connectivity index (χ3n) is 5.24. The Morgan fingerprint density at radius 1 is 1.14 bits per heavy atom. The highest BCUT2D eigenvalue weighted by molar-refractivity contribution is 5.84. The molecule has 0 aromatic heterocycles. The highest BCUT2D eigenvalue weighted by Gasteiger charge is 2.38. The number of carbonyl (C=O) groups excluding carboxylic acids is 2. The van der Waals surface area contributed by atoms with Crippen molar-refractivity contribution in [2.24, 2.45) is 5.92 Å². The number of halogens is 2. The first-order valence-corrected chi connectivity index (χ1v) is 9.49. The minimum atomic E-state index is -0.478. The van der Waals surface area contributed by atoms with Crippen LogP contribution in [0.3, 0.4) is 0 Å². The SMILES string of the molecule is CN1C(=O)CC[C@@H](C(=O)NCCCc2ccc(F)cc2)[C@H]1c1cccc(F)c1. The fraction of sp³-hybridized carbons (Fsp3) is 0.364. The second kappa shape index (κ2) is 8.95. The maximum atomic E-state index is 13.7. The lowest BCUT2D eigenvalue weighted by Crippen LogP contribution is -2.46. The molecule has 1 N–H and O–H groups in total. The molecular weight excluding hydrogens is 362 g/mol. The molecule has 1 heterocycles. The summed E-state index contributed by atoms with van der Waals surface area (Å²) in [5.41, 5.74) is 1.64. The number of hydrogen-bond donors (Lipinski definition) is 1. The highest BCUT2D eigenvalue weighted by Crippen LogP contribution is 2.36. The van der Waals surface area contributed by atoms with Gasteiger partial charge >= 0.3 is 0 Å². The van der Waals surface area contributed by atoms with Gasteiger partial charge in [-0.25, -0.2) is 8.78 Å². The molecule has 1 fully saturated rings. The minimum absolute atomic E-state index is 0.0466. The zero-order valence-corrected chi connectivity index (χ0v) is 15.8. The van der Waals surface area contributed by atoms with Crippen LogP contribution in [0.4, 0.5) is 8.78 Å². The lowest BCUT2D eigenvalue weighted by molar-refractivity contribution is -0.141. The van der Waals surface area contributed by atoms with E-state index in [-0.39, 0.29) is 23.4 Å². The van der Waals surface area contributed by atoms with Gasteiger partial charge in [0.05, 0.1) is 12.0 Å². The van der Waals surface area contributed by atoms with Crippen molar-refractivity contribution in [3.63, 3.8) is 0 Å². The van der Waals surface area contributed by atoms with Gasteiger partial charge in [-0.15, -0.1) is 0 Å². The summed E-state index contributed by atoms with van der Waals surface area (Å²) in [5.74, 6) is -1.25. The average Bonchev–Trinajstić information content (AvgIpc) is 2.68. The molecule has 1 aliphatic heterocycles.